The van der Waals surface area contributed by atoms with Crippen LogP contribution < -0.4 is 21.7 Å². The summed E-state index contributed by atoms with van der Waals surface area (Å²) in [5.41, 5.74) is 6.43. The molecule has 1 aromatic heterocycles. The topological polar surface area (TPSA) is 131 Å². The Morgan fingerprint density at radius 3 is 2.39 bits per heavy atom. The predicted molar refractivity (Wildman–Crippen MR) is 120 cm³/mol. The van der Waals surface area contributed by atoms with Gasteiger partial charge in [0.25, 0.3) is 5.91 Å². The third-order valence-corrected chi connectivity index (χ3v) is 3.95. The average molecular weight is 430 g/mol. The van der Waals surface area contributed by atoms with Crippen molar-refractivity contribution in [3.63, 3.8) is 0 Å². The van der Waals surface area contributed by atoms with Crippen LogP contribution >= 0.6 is 0 Å². The van der Waals surface area contributed by atoms with Gasteiger partial charge < -0.3 is 25.5 Å². The van der Waals surface area contributed by atoms with Gasteiger partial charge in [-0.2, -0.15) is 0 Å². The number of aliphatic imine (C=N–C) groups is 1. The number of benzene rings is 1. The molecule has 31 heavy (non-hydrogen) atoms. The molecule has 0 spiro atoms. The fourth-order valence-corrected chi connectivity index (χ4v) is 2.60. The molecular weight excluding hydrogens is 398 g/mol. The van der Waals surface area contributed by atoms with Gasteiger partial charge in [-0.1, -0.05) is 12.1 Å². The minimum Gasteiger partial charge on any atom is -0.454 e. The normalized spacial score (nSPS) is 11.7. The van der Waals surface area contributed by atoms with E-state index in [9.17, 15) is 9.59 Å². The van der Waals surface area contributed by atoms with E-state index in [0.717, 1.165) is 12.0 Å². The summed E-state index contributed by atoms with van der Waals surface area (Å²) in [6, 6.07) is 10.8. The lowest BCUT2D eigenvalue weighted by molar-refractivity contribution is 0.0635. The summed E-state index contributed by atoms with van der Waals surface area (Å²) in [6.07, 6.45) is 0.289. The molecule has 0 fully saturated rings. The van der Waals surface area contributed by atoms with E-state index in [1.165, 1.54) is 6.07 Å². The number of amides is 2. The Hall–Kier alpha value is -3.49. The maximum Gasteiger partial charge on any atom is 0.412 e. The van der Waals surface area contributed by atoms with E-state index >= 15 is 0 Å². The molecule has 0 unspecified atom stereocenters. The minimum absolute atomic E-state index is 0.118. The zero-order valence-corrected chi connectivity index (χ0v) is 18.5. The number of hydrogen-bond donors (Lipinski definition) is 4. The zero-order valence-electron chi connectivity index (χ0n) is 18.5. The van der Waals surface area contributed by atoms with Gasteiger partial charge in [0.05, 0.1) is 0 Å². The van der Waals surface area contributed by atoms with Crippen LogP contribution in [0.4, 0.5) is 10.5 Å². The third-order valence-electron chi connectivity index (χ3n) is 3.95. The Labute approximate surface area is 182 Å². The van der Waals surface area contributed by atoms with Crippen LogP contribution in [0, 0.1) is 0 Å². The highest BCUT2D eigenvalue weighted by molar-refractivity contribution is 5.89. The molecule has 0 saturated carbocycles. The Morgan fingerprint density at radius 2 is 1.81 bits per heavy atom. The van der Waals surface area contributed by atoms with Crippen molar-refractivity contribution in [2.24, 2.45) is 10.7 Å². The lowest BCUT2D eigenvalue weighted by Crippen LogP contribution is -2.38. The highest BCUT2D eigenvalue weighted by atomic mass is 16.6. The second-order valence-corrected chi connectivity index (χ2v) is 7.83. The van der Waals surface area contributed by atoms with Crippen LogP contribution in [-0.2, 0) is 17.7 Å². The molecule has 168 valence electrons. The highest BCUT2D eigenvalue weighted by Gasteiger charge is 2.16. The molecule has 0 aliphatic rings. The van der Waals surface area contributed by atoms with Gasteiger partial charge in [-0.15, -0.1) is 0 Å². The first-order valence-corrected chi connectivity index (χ1v) is 10.2. The second kappa shape index (κ2) is 11.1. The molecule has 2 amide bonds. The molecule has 2 rings (SSSR count). The maximum atomic E-state index is 11.8. The van der Waals surface area contributed by atoms with Gasteiger partial charge >= 0.3 is 6.09 Å². The molecule has 2 aromatic rings. The van der Waals surface area contributed by atoms with Gasteiger partial charge in [0.2, 0.25) is 0 Å². The number of nitrogens with zero attached hydrogens (tertiary/aromatic N) is 1. The van der Waals surface area contributed by atoms with Crippen molar-refractivity contribution in [3.8, 4) is 0 Å². The van der Waals surface area contributed by atoms with Crippen molar-refractivity contribution in [2.45, 2.75) is 46.3 Å². The van der Waals surface area contributed by atoms with Gasteiger partial charge in [-0.25, -0.2) is 9.79 Å². The Bertz CT molecular complexity index is 897. The summed E-state index contributed by atoms with van der Waals surface area (Å²) < 4.78 is 10.6. The van der Waals surface area contributed by atoms with E-state index in [1.54, 1.807) is 6.07 Å². The summed E-state index contributed by atoms with van der Waals surface area (Å²) in [7, 11) is 0. The number of primary amides is 1. The van der Waals surface area contributed by atoms with E-state index in [0.29, 0.717) is 30.5 Å². The molecule has 9 heteroatoms. The Kier molecular flexibility index (Phi) is 8.48. The lowest BCUT2D eigenvalue weighted by Gasteiger charge is -2.19. The van der Waals surface area contributed by atoms with E-state index in [4.69, 9.17) is 14.9 Å². The van der Waals surface area contributed by atoms with Crippen molar-refractivity contribution in [3.05, 3.63) is 53.5 Å². The van der Waals surface area contributed by atoms with E-state index < -0.39 is 17.6 Å². The number of rotatable bonds is 8. The third kappa shape index (κ3) is 8.81. The van der Waals surface area contributed by atoms with Gasteiger partial charge in [0.1, 0.15) is 17.9 Å². The van der Waals surface area contributed by atoms with E-state index in [1.807, 2.05) is 52.0 Å². The molecule has 0 aliphatic heterocycles. The predicted octanol–water partition coefficient (Wildman–Crippen LogP) is 3.02. The molecule has 1 heterocycles. The number of hydrogen-bond acceptors (Lipinski definition) is 5. The van der Waals surface area contributed by atoms with Gasteiger partial charge in [0.15, 0.2) is 11.7 Å². The number of anilines is 1. The summed E-state index contributed by atoms with van der Waals surface area (Å²) in [5.74, 6) is 0.710. The van der Waals surface area contributed by atoms with Crippen molar-refractivity contribution in [1.82, 2.24) is 10.6 Å². The summed E-state index contributed by atoms with van der Waals surface area (Å²) in [5, 5.41) is 9.13. The summed E-state index contributed by atoms with van der Waals surface area (Å²) >= 11 is 0. The van der Waals surface area contributed by atoms with Crippen LogP contribution in [0.2, 0.25) is 0 Å². The Morgan fingerprint density at radius 1 is 1.10 bits per heavy atom. The zero-order chi connectivity index (χ0) is 22.9. The van der Waals surface area contributed by atoms with Crippen LogP contribution in [0.15, 0.2) is 45.8 Å². The van der Waals surface area contributed by atoms with Gasteiger partial charge in [-0.05, 0) is 63.9 Å². The van der Waals surface area contributed by atoms with Crippen LogP contribution in [0.25, 0.3) is 0 Å². The minimum atomic E-state index is -0.604. The first-order chi connectivity index (χ1) is 14.7. The number of ether oxygens (including phenoxy) is 1. The van der Waals surface area contributed by atoms with Gasteiger partial charge in [0, 0.05) is 18.8 Å². The SMILES string of the molecule is CCNC(=NCc1ccc(C(N)=O)o1)NCCc1ccc(NC(=O)OC(C)(C)C)cc1. The standard InChI is InChI=1S/C22H31N5O4/c1-5-24-20(26-14-17-10-11-18(30-17)19(23)28)25-13-12-15-6-8-16(9-7-15)27-21(29)31-22(2,3)4/h6-11H,5,12-14H2,1-4H3,(H2,23,28)(H,27,29)(H2,24,25,26). The molecule has 5 N–H and O–H groups in total. The number of nitrogens with two attached hydrogens (primary N) is 1. The second-order valence-electron chi connectivity index (χ2n) is 7.83. The highest BCUT2D eigenvalue weighted by Crippen LogP contribution is 2.13. The molecule has 0 saturated heterocycles. The number of nitrogens with one attached hydrogen (secondary N) is 3. The summed E-state index contributed by atoms with van der Waals surface area (Å²) in [6.45, 7) is 9.10. The molecule has 0 atom stereocenters. The van der Waals surface area contributed by atoms with Crippen LogP contribution in [0.1, 0.15) is 49.6 Å². The fraction of sp³-hybridized carbons (Fsp3) is 0.409. The molecular formula is C22H31N5O4. The van der Waals surface area contributed by atoms with E-state index in [2.05, 4.69) is 20.9 Å². The average Bonchev–Trinajstić information content (AvgIpc) is 3.15. The van der Waals surface area contributed by atoms with Crippen LogP contribution in [-0.4, -0.2) is 36.7 Å². The van der Waals surface area contributed by atoms with Crippen LogP contribution in [0.5, 0.6) is 0 Å². The number of guanidine groups is 1. The largest absolute Gasteiger partial charge is 0.454 e. The number of carbonyl (C=O) groups excluding carboxylic acids is 2. The first kappa shape index (κ1) is 23.8. The van der Waals surface area contributed by atoms with Gasteiger partial charge in [-0.3, -0.25) is 10.1 Å². The smallest absolute Gasteiger partial charge is 0.412 e. The fourth-order valence-electron chi connectivity index (χ4n) is 2.60. The molecule has 9 nitrogen and oxygen atoms in total. The molecule has 0 aliphatic carbocycles. The van der Waals surface area contributed by atoms with Crippen molar-refractivity contribution >= 4 is 23.6 Å². The Balaban J connectivity index is 1.83. The first-order valence-electron chi connectivity index (χ1n) is 10.2. The monoisotopic (exact) mass is 429 g/mol. The van der Waals surface area contributed by atoms with Crippen LogP contribution in [0.3, 0.4) is 0 Å². The molecule has 0 radical (unpaired) electrons. The van der Waals surface area contributed by atoms with E-state index in [-0.39, 0.29) is 12.3 Å². The maximum absolute atomic E-state index is 11.8. The van der Waals surface area contributed by atoms with Crippen molar-refractivity contribution < 1.29 is 18.7 Å². The molecule has 1 aromatic carbocycles. The van der Waals surface area contributed by atoms with Crippen molar-refractivity contribution in [1.29, 1.82) is 0 Å². The number of carbonyl (C=O) groups is 2. The quantitative estimate of drug-likeness (QED) is 0.377. The lowest BCUT2D eigenvalue weighted by atomic mass is 10.1. The molecule has 0 bridgehead atoms. The number of furan rings is 1. The van der Waals surface area contributed by atoms with Crippen molar-refractivity contribution in [2.75, 3.05) is 18.4 Å². The summed E-state index contributed by atoms with van der Waals surface area (Å²) in [4.78, 5) is 27.4.